The zero-order valence-corrected chi connectivity index (χ0v) is 18.6. The number of carbonyl (C=O) groups excluding carboxylic acids is 1. The van der Waals surface area contributed by atoms with E-state index in [-0.39, 0.29) is 5.91 Å². The Kier molecular flexibility index (Phi) is 5.65. The number of amidine groups is 1. The predicted molar refractivity (Wildman–Crippen MR) is 123 cm³/mol. The molecule has 0 radical (unpaired) electrons. The van der Waals surface area contributed by atoms with Gasteiger partial charge in [-0.3, -0.25) is 9.69 Å². The van der Waals surface area contributed by atoms with Crippen LogP contribution in [-0.4, -0.2) is 18.9 Å². The standard InChI is InChI=1S/C23H16Br2N2O2/c1-29-21-8-3-2-5-16(21)13-20-23(28)27(19-7-4-6-18(25)14-19)22(26-20)15-9-11-17(24)12-10-15/h2-14H,1H3/b20-13+. The Labute approximate surface area is 185 Å². The van der Waals surface area contributed by atoms with Crippen molar-refractivity contribution in [3.63, 3.8) is 0 Å². The van der Waals surface area contributed by atoms with Gasteiger partial charge in [-0.1, -0.05) is 68.3 Å². The molecule has 0 saturated carbocycles. The van der Waals surface area contributed by atoms with Gasteiger partial charge in [-0.2, -0.15) is 0 Å². The highest BCUT2D eigenvalue weighted by molar-refractivity contribution is 9.10. The van der Waals surface area contributed by atoms with Crippen molar-refractivity contribution in [2.45, 2.75) is 0 Å². The molecule has 0 unspecified atom stereocenters. The summed E-state index contributed by atoms with van der Waals surface area (Å²) in [7, 11) is 1.61. The molecule has 0 fully saturated rings. The maximum Gasteiger partial charge on any atom is 0.282 e. The lowest BCUT2D eigenvalue weighted by molar-refractivity contribution is -0.113. The molecule has 0 bridgehead atoms. The minimum atomic E-state index is -0.188. The van der Waals surface area contributed by atoms with E-state index < -0.39 is 0 Å². The number of para-hydroxylation sites is 1. The van der Waals surface area contributed by atoms with Crippen LogP contribution in [0, 0.1) is 0 Å². The van der Waals surface area contributed by atoms with E-state index in [2.05, 4.69) is 31.9 Å². The number of anilines is 1. The summed E-state index contributed by atoms with van der Waals surface area (Å²) in [5.74, 6) is 1.09. The molecule has 144 valence electrons. The average Bonchev–Trinajstić information content (AvgIpc) is 3.05. The molecular formula is C23H16Br2N2O2. The number of carbonyl (C=O) groups is 1. The molecule has 29 heavy (non-hydrogen) atoms. The SMILES string of the molecule is COc1ccccc1/C=C1/N=C(c2ccc(Br)cc2)N(c2cccc(Br)c2)C1=O. The van der Waals surface area contributed by atoms with E-state index in [0.29, 0.717) is 17.3 Å². The van der Waals surface area contributed by atoms with Crippen LogP contribution in [0.4, 0.5) is 5.69 Å². The van der Waals surface area contributed by atoms with E-state index in [0.717, 1.165) is 25.8 Å². The maximum absolute atomic E-state index is 13.3. The molecule has 1 amide bonds. The quantitative estimate of drug-likeness (QED) is 0.400. The maximum atomic E-state index is 13.3. The first-order chi connectivity index (χ1) is 14.1. The molecule has 1 aliphatic rings. The van der Waals surface area contributed by atoms with Gasteiger partial charge in [-0.25, -0.2) is 4.99 Å². The van der Waals surface area contributed by atoms with Crippen LogP contribution in [0.15, 0.2) is 92.4 Å². The minimum absolute atomic E-state index is 0.188. The lowest BCUT2D eigenvalue weighted by Crippen LogP contribution is -2.32. The summed E-state index contributed by atoms with van der Waals surface area (Å²) in [6.07, 6.45) is 1.76. The van der Waals surface area contributed by atoms with Gasteiger partial charge in [0.25, 0.3) is 5.91 Å². The molecule has 1 aliphatic heterocycles. The fourth-order valence-electron chi connectivity index (χ4n) is 3.10. The largest absolute Gasteiger partial charge is 0.496 e. The topological polar surface area (TPSA) is 41.9 Å². The molecule has 3 aromatic rings. The monoisotopic (exact) mass is 510 g/mol. The Bertz CT molecular complexity index is 1140. The summed E-state index contributed by atoms with van der Waals surface area (Å²) in [4.78, 5) is 19.7. The summed E-state index contributed by atoms with van der Waals surface area (Å²) in [5, 5.41) is 0. The summed E-state index contributed by atoms with van der Waals surface area (Å²) in [6, 6.07) is 22.9. The summed E-state index contributed by atoms with van der Waals surface area (Å²) in [5.41, 5.74) is 2.75. The van der Waals surface area contributed by atoms with Crippen molar-refractivity contribution in [2.24, 2.45) is 4.99 Å². The Morgan fingerprint density at radius 1 is 0.931 bits per heavy atom. The smallest absolute Gasteiger partial charge is 0.282 e. The van der Waals surface area contributed by atoms with Crippen molar-refractivity contribution in [1.82, 2.24) is 0 Å². The van der Waals surface area contributed by atoms with Gasteiger partial charge in [0.05, 0.1) is 12.8 Å². The van der Waals surface area contributed by atoms with Crippen LogP contribution in [0.1, 0.15) is 11.1 Å². The van der Waals surface area contributed by atoms with Crippen molar-refractivity contribution in [1.29, 1.82) is 0 Å². The van der Waals surface area contributed by atoms with E-state index in [1.807, 2.05) is 72.8 Å². The van der Waals surface area contributed by atoms with Gasteiger partial charge < -0.3 is 4.74 Å². The fraction of sp³-hybridized carbons (Fsp3) is 0.0435. The number of rotatable bonds is 4. The third-order valence-corrected chi connectivity index (χ3v) is 5.48. The number of methoxy groups -OCH3 is 1. The number of amides is 1. The molecule has 0 aliphatic carbocycles. The second-order valence-corrected chi connectivity index (χ2v) is 8.17. The Morgan fingerprint density at radius 3 is 2.41 bits per heavy atom. The molecule has 0 N–H and O–H groups in total. The van der Waals surface area contributed by atoms with Gasteiger partial charge in [-0.15, -0.1) is 0 Å². The van der Waals surface area contributed by atoms with Crippen molar-refractivity contribution >= 4 is 55.4 Å². The highest BCUT2D eigenvalue weighted by Crippen LogP contribution is 2.31. The van der Waals surface area contributed by atoms with Crippen LogP contribution in [0.5, 0.6) is 5.75 Å². The number of benzene rings is 3. The van der Waals surface area contributed by atoms with Gasteiger partial charge in [-0.05, 0) is 42.5 Å². The van der Waals surface area contributed by atoms with E-state index in [4.69, 9.17) is 9.73 Å². The van der Waals surface area contributed by atoms with Crippen molar-refractivity contribution in [2.75, 3.05) is 12.0 Å². The van der Waals surface area contributed by atoms with Crippen LogP contribution >= 0.6 is 31.9 Å². The average molecular weight is 512 g/mol. The number of hydrogen-bond acceptors (Lipinski definition) is 3. The first-order valence-corrected chi connectivity index (χ1v) is 10.4. The summed E-state index contributed by atoms with van der Waals surface area (Å²) >= 11 is 6.94. The van der Waals surface area contributed by atoms with Gasteiger partial charge in [0, 0.05) is 20.1 Å². The first kappa shape index (κ1) is 19.6. The number of halogens is 2. The zero-order valence-electron chi connectivity index (χ0n) is 15.5. The molecular weight excluding hydrogens is 496 g/mol. The zero-order chi connectivity index (χ0) is 20.4. The van der Waals surface area contributed by atoms with Crippen LogP contribution in [-0.2, 0) is 4.79 Å². The first-order valence-electron chi connectivity index (χ1n) is 8.86. The Morgan fingerprint density at radius 2 is 1.69 bits per heavy atom. The highest BCUT2D eigenvalue weighted by Gasteiger charge is 2.32. The third kappa shape index (κ3) is 4.04. The Hall–Kier alpha value is -2.70. The van der Waals surface area contributed by atoms with Crippen LogP contribution < -0.4 is 9.64 Å². The van der Waals surface area contributed by atoms with E-state index in [1.54, 1.807) is 18.1 Å². The third-order valence-electron chi connectivity index (χ3n) is 4.46. The van der Waals surface area contributed by atoms with Crippen LogP contribution in [0.3, 0.4) is 0 Å². The van der Waals surface area contributed by atoms with E-state index in [9.17, 15) is 4.79 Å². The molecule has 0 aromatic heterocycles. The molecule has 3 aromatic carbocycles. The van der Waals surface area contributed by atoms with Gasteiger partial charge in [0.2, 0.25) is 0 Å². The molecule has 0 atom stereocenters. The van der Waals surface area contributed by atoms with E-state index in [1.165, 1.54) is 0 Å². The molecule has 1 heterocycles. The summed E-state index contributed by atoms with van der Waals surface area (Å²) < 4.78 is 7.27. The molecule has 0 spiro atoms. The second kappa shape index (κ2) is 8.35. The van der Waals surface area contributed by atoms with Gasteiger partial charge in [0.1, 0.15) is 17.3 Å². The normalized spacial score (nSPS) is 15.0. The number of hydrogen-bond donors (Lipinski definition) is 0. The molecule has 0 saturated heterocycles. The second-order valence-electron chi connectivity index (χ2n) is 6.33. The van der Waals surface area contributed by atoms with Crippen molar-refractivity contribution in [3.05, 3.63) is 98.6 Å². The van der Waals surface area contributed by atoms with Crippen LogP contribution in [0.25, 0.3) is 6.08 Å². The van der Waals surface area contributed by atoms with E-state index >= 15 is 0 Å². The molecule has 4 rings (SSSR count). The lowest BCUT2D eigenvalue weighted by Gasteiger charge is -2.19. The van der Waals surface area contributed by atoms with Gasteiger partial charge in [0.15, 0.2) is 0 Å². The summed E-state index contributed by atoms with van der Waals surface area (Å²) in [6.45, 7) is 0. The number of nitrogens with zero attached hydrogens (tertiary/aromatic N) is 2. The van der Waals surface area contributed by atoms with Crippen molar-refractivity contribution < 1.29 is 9.53 Å². The van der Waals surface area contributed by atoms with Gasteiger partial charge >= 0.3 is 0 Å². The van der Waals surface area contributed by atoms with Crippen LogP contribution in [0.2, 0.25) is 0 Å². The molecule has 4 nitrogen and oxygen atoms in total. The fourth-order valence-corrected chi connectivity index (χ4v) is 3.75. The lowest BCUT2D eigenvalue weighted by atomic mass is 10.1. The molecule has 6 heteroatoms. The highest BCUT2D eigenvalue weighted by atomic mass is 79.9. The van der Waals surface area contributed by atoms with Crippen molar-refractivity contribution in [3.8, 4) is 5.75 Å². The number of aliphatic imine (C=N–C) groups is 1. The minimum Gasteiger partial charge on any atom is -0.496 e. The Balaban J connectivity index is 1.85. The number of ether oxygens (including phenoxy) is 1. The predicted octanol–water partition coefficient (Wildman–Crippen LogP) is 6.05.